The molecule has 5 rings (SSSR count). The van der Waals surface area contributed by atoms with Crippen LogP contribution in [0.4, 0.5) is 11.6 Å². The maximum Gasteiger partial charge on any atom is 0.229 e. The van der Waals surface area contributed by atoms with Crippen LogP contribution in [-0.2, 0) is 6.54 Å². The molecule has 0 spiro atoms. The lowest BCUT2D eigenvalue weighted by molar-refractivity contribution is 0.233. The van der Waals surface area contributed by atoms with Crippen LogP contribution in [0, 0.1) is 6.92 Å². The topological polar surface area (TPSA) is 68.9 Å². The number of H-pyrrole nitrogens is 1. The van der Waals surface area contributed by atoms with Crippen LogP contribution >= 0.6 is 11.3 Å². The number of nitrogens with one attached hydrogen (secondary N) is 3. The van der Waals surface area contributed by atoms with E-state index in [-0.39, 0.29) is 0 Å². The third-order valence-electron chi connectivity index (χ3n) is 5.21. The smallest absolute Gasteiger partial charge is 0.229 e. The molecule has 0 atom stereocenters. The van der Waals surface area contributed by atoms with Crippen molar-refractivity contribution in [2.24, 2.45) is 0 Å². The number of aromatic nitrogens is 3. The summed E-state index contributed by atoms with van der Waals surface area (Å²) < 4.78 is 0. The molecule has 1 aromatic carbocycles. The maximum absolute atomic E-state index is 4.82. The normalized spacial score (nSPS) is 15.1. The Hall–Kier alpha value is -2.74. The van der Waals surface area contributed by atoms with Crippen molar-refractivity contribution in [3.8, 4) is 10.6 Å². The molecule has 1 fully saturated rings. The number of rotatable bonds is 5. The van der Waals surface area contributed by atoms with Gasteiger partial charge in [0.25, 0.3) is 0 Å². The molecule has 0 aliphatic carbocycles. The van der Waals surface area contributed by atoms with Crippen molar-refractivity contribution in [1.29, 1.82) is 0 Å². The molecule has 3 aromatic heterocycles. The van der Waals surface area contributed by atoms with Crippen LogP contribution in [-0.4, -0.2) is 46.0 Å². The van der Waals surface area contributed by atoms with Gasteiger partial charge in [-0.15, -0.1) is 11.3 Å². The zero-order valence-electron chi connectivity index (χ0n) is 16.4. The van der Waals surface area contributed by atoms with E-state index in [1.54, 1.807) is 11.3 Å². The first-order valence-electron chi connectivity index (χ1n) is 9.94. The van der Waals surface area contributed by atoms with Crippen molar-refractivity contribution >= 4 is 34.0 Å². The SMILES string of the molecule is Cc1csc(-c2nc(Nc3ccc(CN4CCNCC4)cc3)nc3[nH]ccc23)c1. The number of anilines is 2. The average molecular weight is 405 g/mol. The van der Waals surface area contributed by atoms with E-state index >= 15 is 0 Å². The number of fused-ring (bicyclic) bond motifs is 1. The summed E-state index contributed by atoms with van der Waals surface area (Å²) in [4.78, 5) is 16.3. The number of hydrogen-bond donors (Lipinski definition) is 3. The van der Waals surface area contributed by atoms with Gasteiger partial charge in [-0.05, 0) is 47.7 Å². The molecule has 4 heterocycles. The second kappa shape index (κ2) is 7.94. The van der Waals surface area contributed by atoms with Gasteiger partial charge in [-0.25, -0.2) is 4.98 Å². The molecule has 7 heteroatoms. The predicted molar refractivity (Wildman–Crippen MR) is 120 cm³/mol. The van der Waals surface area contributed by atoms with Gasteiger partial charge in [0.2, 0.25) is 5.95 Å². The molecule has 0 radical (unpaired) electrons. The molecular weight excluding hydrogens is 380 g/mol. The Morgan fingerprint density at radius 1 is 1.10 bits per heavy atom. The number of benzene rings is 1. The molecule has 0 bridgehead atoms. The van der Waals surface area contributed by atoms with Gasteiger partial charge in [-0.3, -0.25) is 4.90 Å². The minimum atomic E-state index is 0.607. The third kappa shape index (κ3) is 4.03. The average Bonchev–Trinajstić information content (AvgIpc) is 3.38. The van der Waals surface area contributed by atoms with Gasteiger partial charge in [0, 0.05) is 50.0 Å². The van der Waals surface area contributed by atoms with E-state index in [1.807, 2.05) is 12.3 Å². The Kier molecular flexibility index (Phi) is 5.01. The fourth-order valence-corrected chi connectivity index (χ4v) is 4.59. The monoisotopic (exact) mass is 404 g/mol. The molecule has 4 aromatic rings. The van der Waals surface area contributed by atoms with Crippen molar-refractivity contribution in [3.63, 3.8) is 0 Å². The van der Waals surface area contributed by atoms with Gasteiger partial charge in [0.05, 0.1) is 10.6 Å². The van der Waals surface area contributed by atoms with E-state index in [9.17, 15) is 0 Å². The second-order valence-electron chi connectivity index (χ2n) is 7.47. The number of aryl methyl sites for hydroxylation is 1. The second-order valence-corrected chi connectivity index (χ2v) is 8.38. The Labute approximate surface area is 174 Å². The van der Waals surface area contributed by atoms with Crippen molar-refractivity contribution in [2.45, 2.75) is 13.5 Å². The Balaban J connectivity index is 1.37. The lowest BCUT2D eigenvalue weighted by atomic mass is 10.2. The zero-order valence-corrected chi connectivity index (χ0v) is 17.2. The fraction of sp³-hybridized carbons (Fsp3) is 0.273. The molecule has 29 heavy (non-hydrogen) atoms. The molecule has 6 nitrogen and oxygen atoms in total. The van der Waals surface area contributed by atoms with E-state index in [1.165, 1.54) is 11.1 Å². The fourth-order valence-electron chi connectivity index (χ4n) is 3.69. The van der Waals surface area contributed by atoms with Crippen LogP contribution in [0.1, 0.15) is 11.1 Å². The lowest BCUT2D eigenvalue weighted by Gasteiger charge is -2.27. The van der Waals surface area contributed by atoms with Crippen molar-refractivity contribution in [1.82, 2.24) is 25.2 Å². The summed E-state index contributed by atoms with van der Waals surface area (Å²) in [6.07, 6.45) is 1.91. The predicted octanol–water partition coefficient (Wildman–Crippen LogP) is 4.14. The van der Waals surface area contributed by atoms with Crippen LogP contribution in [0.5, 0.6) is 0 Å². The third-order valence-corrected chi connectivity index (χ3v) is 6.26. The summed E-state index contributed by atoms with van der Waals surface area (Å²) in [5.74, 6) is 0.607. The minimum absolute atomic E-state index is 0.607. The van der Waals surface area contributed by atoms with Crippen molar-refractivity contribution in [2.75, 3.05) is 31.5 Å². The van der Waals surface area contributed by atoms with Gasteiger partial charge in [-0.1, -0.05) is 12.1 Å². The van der Waals surface area contributed by atoms with Crippen LogP contribution in [0.2, 0.25) is 0 Å². The highest BCUT2D eigenvalue weighted by atomic mass is 32.1. The number of thiophene rings is 1. The molecule has 0 unspecified atom stereocenters. The van der Waals surface area contributed by atoms with Gasteiger partial charge in [-0.2, -0.15) is 4.98 Å². The van der Waals surface area contributed by atoms with Gasteiger partial charge < -0.3 is 15.6 Å². The van der Waals surface area contributed by atoms with Crippen LogP contribution in [0.15, 0.2) is 48.0 Å². The van der Waals surface area contributed by atoms with E-state index in [0.29, 0.717) is 5.95 Å². The minimum Gasteiger partial charge on any atom is -0.346 e. The number of piperazine rings is 1. The molecule has 148 valence electrons. The Morgan fingerprint density at radius 2 is 1.93 bits per heavy atom. The van der Waals surface area contributed by atoms with E-state index in [0.717, 1.165) is 60.0 Å². The van der Waals surface area contributed by atoms with E-state index < -0.39 is 0 Å². The van der Waals surface area contributed by atoms with Gasteiger partial charge in [0.15, 0.2) is 0 Å². The Morgan fingerprint density at radius 3 is 2.69 bits per heavy atom. The molecular formula is C22H24N6S. The number of nitrogens with zero attached hydrogens (tertiary/aromatic N) is 3. The summed E-state index contributed by atoms with van der Waals surface area (Å²) in [6.45, 7) is 7.46. The highest BCUT2D eigenvalue weighted by molar-refractivity contribution is 7.13. The molecule has 0 amide bonds. The molecule has 0 saturated carbocycles. The molecule has 1 aliphatic heterocycles. The molecule has 1 aliphatic rings. The van der Waals surface area contributed by atoms with E-state index in [2.05, 4.69) is 68.1 Å². The largest absolute Gasteiger partial charge is 0.346 e. The first kappa shape index (κ1) is 18.3. The Bertz CT molecular complexity index is 1110. The summed E-state index contributed by atoms with van der Waals surface area (Å²) in [5, 5.41) is 9.97. The van der Waals surface area contributed by atoms with Crippen LogP contribution in [0.3, 0.4) is 0 Å². The van der Waals surface area contributed by atoms with Gasteiger partial charge in [0.1, 0.15) is 5.65 Å². The van der Waals surface area contributed by atoms with Crippen LogP contribution < -0.4 is 10.6 Å². The van der Waals surface area contributed by atoms with Crippen molar-refractivity contribution in [3.05, 3.63) is 59.1 Å². The summed E-state index contributed by atoms with van der Waals surface area (Å²) in [7, 11) is 0. The number of aromatic amines is 1. The summed E-state index contributed by atoms with van der Waals surface area (Å²) in [6, 6.07) is 12.8. The van der Waals surface area contributed by atoms with E-state index in [4.69, 9.17) is 4.98 Å². The lowest BCUT2D eigenvalue weighted by Crippen LogP contribution is -2.42. The first-order valence-corrected chi connectivity index (χ1v) is 10.8. The van der Waals surface area contributed by atoms with Crippen molar-refractivity contribution < 1.29 is 0 Å². The van der Waals surface area contributed by atoms with Crippen LogP contribution in [0.25, 0.3) is 21.6 Å². The molecule has 3 N–H and O–H groups in total. The summed E-state index contributed by atoms with van der Waals surface area (Å²) >= 11 is 1.71. The highest BCUT2D eigenvalue weighted by Crippen LogP contribution is 2.32. The zero-order chi connectivity index (χ0) is 19.6. The maximum atomic E-state index is 4.82. The standard InChI is InChI=1S/C22H24N6S/c1-15-12-19(29-14-15)20-18-6-7-24-21(18)27-22(26-20)25-17-4-2-16(3-5-17)13-28-10-8-23-9-11-28/h2-7,12,14,23H,8-11,13H2,1H3,(H2,24,25,26,27). The quantitative estimate of drug-likeness (QED) is 0.466. The first-order chi connectivity index (χ1) is 14.2. The molecule has 1 saturated heterocycles. The summed E-state index contributed by atoms with van der Waals surface area (Å²) in [5.41, 5.74) is 5.38. The van der Waals surface area contributed by atoms with Gasteiger partial charge >= 0.3 is 0 Å². The highest BCUT2D eigenvalue weighted by Gasteiger charge is 2.13. The number of hydrogen-bond acceptors (Lipinski definition) is 6.